The highest BCUT2D eigenvalue weighted by Crippen LogP contribution is 2.22. The molecule has 0 spiro atoms. The minimum absolute atomic E-state index is 0.0656. The van der Waals surface area contributed by atoms with Crippen LogP contribution in [0.2, 0.25) is 0 Å². The van der Waals surface area contributed by atoms with Gasteiger partial charge in [0, 0.05) is 6.04 Å². The van der Waals surface area contributed by atoms with Crippen LogP contribution in [0, 0.1) is 5.41 Å². The first-order valence-electron chi connectivity index (χ1n) is 6.07. The Balaban J connectivity index is 2.72. The van der Waals surface area contributed by atoms with Gasteiger partial charge in [-0.3, -0.25) is 9.59 Å². The molecule has 0 radical (unpaired) electrons. The Hall–Kier alpha value is -1.98. The van der Waals surface area contributed by atoms with Crippen LogP contribution in [0.1, 0.15) is 44.0 Å². The van der Waals surface area contributed by atoms with Crippen LogP contribution in [-0.4, -0.2) is 33.2 Å². The number of nitrogens with zero attached hydrogens (tertiary/aromatic N) is 2. The number of carboxylic acids is 1. The van der Waals surface area contributed by atoms with Crippen molar-refractivity contribution in [1.29, 1.82) is 0 Å². The van der Waals surface area contributed by atoms with E-state index in [2.05, 4.69) is 15.5 Å². The SMILES string of the molecule is CC(C)(C)CC(CC(=O)O)NC(=O)c1ccnnc1. The van der Waals surface area contributed by atoms with E-state index in [0.717, 1.165) is 0 Å². The summed E-state index contributed by atoms with van der Waals surface area (Å²) in [7, 11) is 0. The molecule has 0 saturated carbocycles. The number of amides is 1. The van der Waals surface area contributed by atoms with Crippen molar-refractivity contribution in [2.45, 2.75) is 39.7 Å². The van der Waals surface area contributed by atoms with Crippen LogP contribution in [0.3, 0.4) is 0 Å². The van der Waals surface area contributed by atoms with Gasteiger partial charge >= 0.3 is 5.97 Å². The fraction of sp³-hybridized carbons (Fsp3) is 0.538. The Bertz CT molecular complexity index is 440. The van der Waals surface area contributed by atoms with Gasteiger partial charge in [0.05, 0.1) is 24.4 Å². The molecule has 19 heavy (non-hydrogen) atoms. The lowest BCUT2D eigenvalue weighted by Crippen LogP contribution is -2.39. The largest absolute Gasteiger partial charge is 0.481 e. The summed E-state index contributed by atoms with van der Waals surface area (Å²) in [6.45, 7) is 6.01. The number of aromatic nitrogens is 2. The summed E-state index contributed by atoms with van der Waals surface area (Å²) in [4.78, 5) is 22.8. The highest BCUT2D eigenvalue weighted by Gasteiger charge is 2.23. The predicted octanol–water partition coefficient (Wildman–Crippen LogP) is 1.49. The molecule has 0 aliphatic heterocycles. The third-order valence-corrected chi connectivity index (χ3v) is 2.46. The Labute approximate surface area is 112 Å². The maximum atomic E-state index is 12.0. The Morgan fingerprint density at radius 3 is 2.53 bits per heavy atom. The summed E-state index contributed by atoms with van der Waals surface area (Å²) in [6, 6.07) is 1.13. The molecule has 1 aromatic heterocycles. The number of carbonyl (C=O) groups excluding carboxylic acids is 1. The van der Waals surface area contributed by atoms with E-state index in [1.807, 2.05) is 20.8 Å². The molecule has 0 saturated heterocycles. The third kappa shape index (κ3) is 5.94. The van der Waals surface area contributed by atoms with Crippen LogP contribution in [0.5, 0.6) is 0 Å². The van der Waals surface area contributed by atoms with Crippen molar-refractivity contribution in [3.8, 4) is 0 Å². The minimum Gasteiger partial charge on any atom is -0.481 e. The lowest BCUT2D eigenvalue weighted by atomic mass is 9.87. The fourth-order valence-electron chi connectivity index (χ4n) is 1.82. The van der Waals surface area contributed by atoms with Crippen LogP contribution in [0.25, 0.3) is 0 Å². The Kier molecular flexibility index (Phi) is 4.97. The van der Waals surface area contributed by atoms with E-state index in [-0.39, 0.29) is 17.7 Å². The average molecular weight is 265 g/mol. The number of carbonyl (C=O) groups is 2. The summed E-state index contributed by atoms with van der Waals surface area (Å²) in [5, 5.41) is 18.8. The van der Waals surface area contributed by atoms with Gasteiger partial charge in [-0.1, -0.05) is 20.8 Å². The normalized spacial score (nSPS) is 12.8. The lowest BCUT2D eigenvalue weighted by Gasteiger charge is -2.25. The highest BCUT2D eigenvalue weighted by molar-refractivity contribution is 5.94. The molecule has 1 unspecified atom stereocenters. The van der Waals surface area contributed by atoms with Crippen LogP contribution >= 0.6 is 0 Å². The second kappa shape index (κ2) is 6.26. The van der Waals surface area contributed by atoms with Crippen molar-refractivity contribution in [3.63, 3.8) is 0 Å². The molecule has 0 fully saturated rings. The Morgan fingerprint density at radius 1 is 1.37 bits per heavy atom. The molecule has 6 nitrogen and oxygen atoms in total. The van der Waals surface area contributed by atoms with E-state index in [0.29, 0.717) is 12.0 Å². The highest BCUT2D eigenvalue weighted by atomic mass is 16.4. The number of hydrogen-bond acceptors (Lipinski definition) is 4. The van der Waals surface area contributed by atoms with Gasteiger partial charge in [0.25, 0.3) is 5.91 Å². The van der Waals surface area contributed by atoms with Crippen molar-refractivity contribution in [1.82, 2.24) is 15.5 Å². The second-order valence-electron chi connectivity index (χ2n) is 5.66. The third-order valence-electron chi connectivity index (χ3n) is 2.46. The fourth-order valence-corrected chi connectivity index (χ4v) is 1.82. The van der Waals surface area contributed by atoms with Crippen molar-refractivity contribution in [2.24, 2.45) is 5.41 Å². The van der Waals surface area contributed by atoms with Gasteiger partial charge in [0.2, 0.25) is 0 Å². The summed E-state index contributed by atoms with van der Waals surface area (Å²) in [5.41, 5.74) is 0.309. The zero-order valence-corrected chi connectivity index (χ0v) is 11.4. The van der Waals surface area contributed by atoms with Crippen LogP contribution < -0.4 is 5.32 Å². The van der Waals surface area contributed by atoms with Crippen LogP contribution in [-0.2, 0) is 4.79 Å². The average Bonchev–Trinajstić information content (AvgIpc) is 2.26. The van der Waals surface area contributed by atoms with Gasteiger partial charge in [0.15, 0.2) is 0 Å². The minimum atomic E-state index is -0.928. The molecule has 0 aliphatic carbocycles. The summed E-state index contributed by atoms with van der Waals surface area (Å²) in [6.07, 6.45) is 3.26. The molecule has 104 valence electrons. The van der Waals surface area contributed by atoms with E-state index < -0.39 is 12.0 Å². The molecule has 1 rings (SSSR count). The van der Waals surface area contributed by atoms with Crippen molar-refractivity contribution in [3.05, 3.63) is 24.0 Å². The number of carboxylic acid groups (broad SMARTS) is 1. The summed E-state index contributed by atoms with van der Waals surface area (Å²) in [5.74, 6) is -1.26. The standard InChI is InChI=1S/C13H19N3O3/c1-13(2,3)7-10(6-11(17)18)16-12(19)9-4-5-14-15-8-9/h4-5,8,10H,6-7H2,1-3H3,(H,16,19)(H,17,18). The summed E-state index contributed by atoms with van der Waals surface area (Å²) >= 11 is 0. The van der Waals surface area contributed by atoms with E-state index >= 15 is 0 Å². The maximum absolute atomic E-state index is 12.0. The first-order valence-corrected chi connectivity index (χ1v) is 6.07. The topological polar surface area (TPSA) is 92.2 Å². The predicted molar refractivity (Wildman–Crippen MR) is 69.6 cm³/mol. The molecule has 0 aliphatic rings. The lowest BCUT2D eigenvalue weighted by molar-refractivity contribution is -0.137. The van der Waals surface area contributed by atoms with Gasteiger partial charge in [-0.25, -0.2) is 0 Å². The zero-order valence-electron chi connectivity index (χ0n) is 11.4. The number of hydrogen-bond donors (Lipinski definition) is 2. The van der Waals surface area contributed by atoms with Crippen molar-refractivity contribution < 1.29 is 14.7 Å². The number of nitrogens with one attached hydrogen (secondary N) is 1. The van der Waals surface area contributed by atoms with Gasteiger partial charge in [-0.15, -0.1) is 0 Å². The molecule has 0 bridgehead atoms. The van der Waals surface area contributed by atoms with Crippen molar-refractivity contribution in [2.75, 3.05) is 0 Å². The second-order valence-corrected chi connectivity index (χ2v) is 5.66. The maximum Gasteiger partial charge on any atom is 0.305 e. The molecular formula is C13H19N3O3. The van der Waals surface area contributed by atoms with Gasteiger partial charge in [-0.2, -0.15) is 10.2 Å². The zero-order chi connectivity index (χ0) is 14.5. The monoisotopic (exact) mass is 265 g/mol. The van der Waals surface area contributed by atoms with E-state index in [4.69, 9.17) is 5.11 Å². The van der Waals surface area contributed by atoms with Gasteiger partial charge < -0.3 is 10.4 Å². The van der Waals surface area contributed by atoms with Gasteiger partial charge in [-0.05, 0) is 17.9 Å². The van der Waals surface area contributed by atoms with E-state index in [1.54, 1.807) is 0 Å². The van der Waals surface area contributed by atoms with Crippen LogP contribution in [0.4, 0.5) is 0 Å². The molecule has 2 N–H and O–H groups in total. The molecule has 1 aromatic rings. The molecule has 1 amide bonds. The molecule has 0 aromatic carbocycles. The molecule has 1 heterocycles. The van der Waals surface area contributed by atoms with E-state index in [9.17, 15) is 9.59 Å². The smallest absolute Gasteiger partial charge is 0.305 e. The van der Waals surface area contributed by atoms with Gasteiger partial charge in [0.1, 0.15) is 0 Å². The first kappa shape index (κ1) is 15.1. The molecular weight excluding hydrogens is 246 g/mol. The molecule has 1 atom stereocenters. The number of aliphatic carboxylic acids is 1. The summed E-state index contributed by atoms with van der Waals surface area (Å²) < 4.78 is 0. The van der Waals surface area contributed by atoms with E-state index in [1.165, 1.54) is 18.5 Å². The first-order chi connectivity index (χ1) is 8.78. The molecule has 6 heteroatoms. The number of rotatable bonds is 5. The quantitative estimate of drug-likeness (QED) is 0.841. The van der Waals surface area contributed by atoms with Crippen LogP contribution in [0.15, 0.2) is 18.5 Å². The van der Waals surface area contributed by atoms with Crippen molar-refractivity contribution >= 4 is 11.9 Å². The Morgan fingerprint density at radius 2 is 2.05 bits per heavy atom.